The van der Waals surface area contributed by atoms with Gasteiger partial charge in [-0.1, -0.05) is 25.1 Å². The smallest absolute Gasteiger partial charge is 0.224 e. The molecular weight excluding hydrogens is 302 g/mol. The molecule has 1 amide bonds. The summed E-state index contributed by atoms with van der Waals surface area (Å²) in [6, 6.07) is 14.9. The van der Waals surface area contributed by atoms with Crippen molar-refractivity contribution >= 4 is 17.4 Å². The van der Waals surface area contributed by atoms with Gasteiger partial charge < -0.3 is 10.1 Å². The van der Waals surface area contributed by atoms with Gasteiger partial charge in [-0.15, -0.1) is 0 Å². The predicted octanol–water partition coefficient (Wildman–Crippen LogP) is 4.25. The van der Waals surface area contributed by atoms with Crippen molar-refractivity contribution in [2.24, 2.45) is 0 Å². The molecule has 0 unspecified atom stereocenters. The molecule has 0 bridgehead atoms. The summed E-state index contributed by atoms with van der Waals surface area (Å²) >= 11 is 0. The number of hydrogen-bond donors (Lipinski definition) is 1. The van der Waals surface area contributed by atoms with E-state index < -0.39 is 0 Å². The lowest BCUT2D eigenvalue weighted by Crippen LogP contribution is -2.14. The van der Waals surface area contributed by atoms with Gasteiger partial charge in [-0.05, 0) is 55.7 Å². The SMILES string of the molecule is CCc1ccccc1NC(=O)CCCOc1ccc(C(C)=O)cc1. The molecule has 0 heterocycles. The highest BCUT2D eigenvalue weighted by Crippen LogP contribution is 2.16. The van der Waals surface area contributed by atoms with Crippen LogP contribution in [0.4, 0.5) is 5.69 Å². The van der Waals surface area contributed by atoms with Crippen LogP contribution in [0.1, 0.15) is 42.6 Å². The van der Waals surface area contributed by atoms with E-state index in [1.54, 1.807) is 24.3 Å². The van der Waals surface area contributed by atoms with Crippen molar-refractivity contribution in [3.05, 3.63) is 59.7 Å². The normalized spacial score (nSPS) is 10.2. The summed E-state index contributed by atoms with van der Waals surface area (Å²) in [5.41, 5.74) is 2.68. The van der Waals surface area contributed by atoms with Gasteiger partial charge in [-0.2, -0.15) is 0 Å². The van der Waals surface area contributed by atoms with Crippen LogP contribution in [-0.2, 0) is 11.2 Å². The highest BCUT2D eigenvalue weighted by Gasteiger charge is 2.06. The number of hydrogen-bond acceptors (Lipinski definition) is 3. The van der Waals surface area contributed by atoms with E-state index in [-0.39, 0.29) is 11.7 Å². The number of carbonyl (C=O) groups excluding carboxylic acids is 2. The molecule has 4 nitrogen and oxygen atoms in total. The van der Waals surface area contributed by atoms with E-state index in [1.807, 2.05) is 24.3 Å². The Balaban J connectivity index is 1.73. The second kappa shape index (κ2) is 8.87. The minimum Gasteiger partial charge on any atom is -0.494 e. The Bertz CT molecular complexity index is 692. The van der Waals surface area contributed by atoms with Crippen molar-refractivity contribution in [3.63, 3.8) is 0 Å². The minimum absolute atomic E-state index is 0.00794. The number of Topliss-reactive ketones (excluding diaryl/α,β-unsaturated/α-hetero) is 1. The number of nitrogens with one attached hydrogen (secondary N) is 1. The number of anilines is 1. The molecule has 0 atom stereocenters. The average Bonchev–Trinajstić information content (AvgIpc) is 2.59. The number of ether oxygens (including phenoxy) is 1. The van der Waals surface area contributed by atoms with Gasteiger partial charge in [0.2, 0.25) is 5.91 Å². The summed E-state index contributed by atoms with van der Waals surface area (Å²) in [6.07, 6.45) is 1.92. The average molecular weight is 325 g/mol. The second-order valence-electron chi connectivity index (χ2n) is 5.59. The molecule has 0 radical (unpaired) electrons. The van der Waals surface area contributed by atoms with Crippen LogP contribution in [-0.4, -0.2) is 18.3 Å². The lowest BCUT2D eigenvalue weighted by molar-refractivity contribution is -0.116. The summed E-state index contributed by atoms with van der Waals surface area (Å²) in [6.45, 7) is 4.06. The molecule has 24 heavy (non-hydrogen) atoms. The van der Waals surface area contributed by atoms with Crippen LogP contribution in [0.25, 0.3) is 0 Å². The molecule has 0 aromatic heterocycles. The van der Waals surface area contributed by atoms with Crippen LogP contribution in [0.5, 0.6) is 5.75 Å². The van der Waals surface area contributed by atoms with E-state index in [4.69, 9.17) is 4.74 Å². The van der Waals surface area contributed by atoms with Crippen LogP contribution < -0.4 is 10.1 Å². The number of aryl methyl sites for hydroxylation is 1. The summed E-state index contributed by atoms with van der Waals surface area (Å²) in [5, 5.41) is 2.95. The third-order valence-corrected chi connectivity index (χ3v) is 3.75. The molecule has 126 valence electrons. The summed E-state index contributed by atoms with van der Waals surface area (Å²) in [5.74, 6) is 0.730. The van der Waals surface area contributed by atoms with Crippen LogP contribution in [0.2, 0.25) is 0 Å². The molecule has 2 aromatic carbocycles. The standard InChI is InChI=1S/C20H23NO3/c1-3-16-7-4-5-8-19(16)21-20(23)9-6-14-24-18-12-10-17(11-13-18)15(2)22/h4-5,7-8,10-13H,3,6,9,14H2,1-2H3,(H,21,23). The summed E-state index contributed by atoms with van der Waals surface area (Å²) in [7, 11) is 0. The molecule has 0 spiro atoms. The molecule has 0 fully saturated rings. The zero-order valence-electron chi connectivity index (χ0n) is 14.2. The number of para-hydroxylation sites is 1. The van der Waals surface area contributed by atoms with E-state index in [1.165, 1.54) is 6.92 Å². The van der Waals surface area contributed by atoms with Crippen molar-refractivity contribution in [2.45, 2.75) is 33.1 Å². The molecule has 0 aliphatic heterocycles. The minimum atomic E-state index is -0.00794. The van der Waals surface area contributed by atoms with Gasteiger partial charge in [0.25, 0.3) is 0 Å². The molecule has 0 saturated carbocycles. The van der Waals surface area contributed by atoms with Crippen molar-refractivity contribution in [1.82, 2.24) is 0 Å². The van der Waals surface area contributed by atoms with Gasteiger partial charge >= 0.3 is 0 Å². The number of ketones is 1. The molecular formula is C20H23NO3. The van der Waals surface area contributed by atoms with E-state index in [9.17, 15) is 9.59 Å². The predicted molar refractivity (Wildman–Crippen MR) is 95.6 cm³/mol. The summed E-state index contributed by atoms with van der Waals surface area (Å²) < 4.78 is 5.59. The topological polar surface area (TPSA) is 55.4 Å². The van der Waals surface area contributed by atoms with Crippen LogP contribution >= 0.6 is 0 Å². The van der Waals surface area contributed by atoms with Gasteiger partial charge in [0.15, 0.2) is 5.78 Å². The van der Waals surface area contributed by atoms with Crippen LogP contribution in [0.3, 0.4) is 0 Å². The first-order valence-electron chi connectivity index (χ1n) is 8.21. The number of benzene rings is 2. The van der Waals surface area contributed by atoms with E-state index >= 15 is 0 Å². The van der Waals surface area contributed by atoms with E-state index in [0.29, 0.717) is 30.8 Å². The molecule has 0 aliphatic carbocycles. The van der Waals surface area contributed by atoms with Gasteiger partial charge in [-0.25, -0.2) is 0 Å². The number of amides is 1. The largest absolute Gasteiger partial charge is 0.494 e. The third-order valence-electron chi connectivity index (χ3n) is 3.75. The van der Waals surface area contributed by atoms with E-state index in [0.717, 1.165) is 17.7 Å². The Morgan fingerprint density at radius 3 is 2.42 bits per heavy atom. The fourth-order valence-electron chi connectivity index (χ4n) is 2.37. The Kier molecular flexibility index (Phi) is 6.55. The van der Waals surface area contributed by atoms with Crippen molar-refractivity contribution in [2.75, 3.05) is 11.9 Å². The molecule has 0 saturated heterocycles. The number of carbonyl (C=O) groups is 2. The zero-order valence-corrected chi connectivity index (χ0v) is 14.2. The highest BCUT2D eigenvalue weighted by atomic mass is 16.5. The van der Waals surface area contributed by atoms with Crippen molar-refractivity contribution in [3.8, 4) is 5.75 Å². The molecule has 1 N–H and O–H groups in total. The van der Waals surface area contributed by atoms with Gasteiger partial charge in [0, 0.05) is 17.7 Å². The maximum absolute atomic E-state index is 12.0. The molecule has 4 heteroatoms. The highest BCUT2D eigenvalue weighted by molar-refractivity contribution is 5.94. The third kappa shape index (κ3) is 5.23. The molecule has 2 rings (SSSR count). The second-order valence-corrected chi connectivity index (χ2v) is 5.59. The molecule has 0 aliphatic rings. The zero-order chi connectivity index (χ0) is 17.4. The van der Waals surface area contributed by atoms with Crippen LogP contribution in [0, 0.1) is 0 Å². The van der Waals surface area contributed by atoms with Gasteiger partial charge in [-0.3, -0.25) is 9.59 Å². The first kappa shape index (κ1) is 17.7. The lowest BCUT2D eigenvalue weighted by Gasteiger charge is -2.10. The monoisotopic (exact) mass is 325 g/mol. The van der Waals surface area contributed by atoms with Crippen LogP contribution in [0.15, 0.2) is 48.5 Å². The molecule has 2 aromatic rings. The van der Waals surface area contributed by atoms with Crippen molar-refractivity contribution < 1.29 is 14.3 Å². The Morgan fingerprint density at radius 2 is 1.75 bits per heavy atom. The first-order valence-corrected chi connectivity index (χ1v) is 8.21. The first-order chi connectivity index (χ1) is 11.6. The van der Waals surface area contributed by atoms with E-state index in [2.05, 4.69) is 12.2 Å². The maximum atomic E-state index is 12.0. The maximum Gasteiger partial charge on any atom is 0.224 e. The quantitative estimate of drug-likeness (QED) is 0.583. The fraction of sp³-hybridized carbons (Fsp3) is 0.300. The summed E-state index contributed by atoms with van der Waals surface area (Å²) in [4.78, 5) is 23.2. The Labute approximate surface area is 142 Å². The Morgan fingerprint density at radius 1 is 1.04 bits per heavy atom. The number of rotatable bonds is 8. The Hall–Kier alpha value is -2.62. The lowest BCUT2D eigenvalue weighted by atomic mass is 10.1. The fourth-order valence-corrected chi connectivity index (χ4v) is 2.37. The van der Waals surface area contributed by atoms with Gasteiger partial charge in [0.1, 0.15) is 5.75 Å². The van der Waals surface area contributed by atoms with Crippen molar-refractivity contribution in [1.29, 1.82) is 0 Å². The van der Waals surface area contributed by atoms with Gasteiger partial charge in [0.05, 0.1) is 6.61 Å².